The highest BCUT2D eigenvalue weighted by atomic mass is 32.2. The van der Waals surface area contributed by atoms with Crippen LogP contribution in [-0.2, 0) is 9.53 Å². The molecule has 0 heterocycles. The first-order valence-corrected chi connectivity index (χ1v) is 5.86. The highest BCUT2D eigenvalue weighted by molar-refractivity contribution is 7.99. The van der Waals surface area contributed by atoms with Crippen LogP contribution < -0.4 is 5.32 Å². The Labute approximate surface area is 84.6 Å². The van der Waals surface area contributed by atoms with Gasteiger partial charge in [-0.05, 0) is 19.6 Å². The van der Waals surface area contributed by atoms with Crippen molar-refractivity contribution in [1.29, 1.82) is 0 Å². The molecule has 1 amide bonds. The van der Waals surface area contributed by atoms with Crippen molar-refractivity contribution in [3.8, 4) is 0 Å². The molecule has 78 valence electrons. The predicted octanol–water partition coefficient (Wildman–Crippen LogP) is 1.28. The molecule has 0 radical (unpaired) electrons. The molecule has 0 fully saturated rings. The zero-order chi connectivity index (χ0) is 10.1. The van der Waals surface area contributed by atoms with E-state index in [0.717, 1.165) is 13.0 Å². The van der Waals surface area contributed by atoms with Crippen LogP contribution in [0.2, 0.25) is 0 Å². The number of carbonyl (C=O) groups is 1. The Kier molecular flexibility index (Phi) is 8.24. The fourth-order valence-electron chi connectivity index (χ4n) is 0.778. The van der Waals surface area contributed by atoms with Gasteiger partial charge in [-0.2, -0.15) is 11.8 Å². The largest absolute Gasteiger partial charge is 0.372 e. The van der Waals surface area contributed by atoms with Gasteiger partial charge >= 0.3 is 0 Å². The van der Waals surface area contributed by atoms with Crippen LogP contribution in [0.1, 0.15) is 20.3 Å². The van der Waals surface area contributed by atoms with Crippen molar-refractivity contribution in [2.75, 3.05) is 26.0 Å². The van der Waals surface area contributed by atoms with Crippen LogP contribution in [0, 0.1) is 0 Å². The van der Waals surface area contributed by atoms with E-state index >= 15 is 0 Å². The second kappa shape index (κ2) is 8.38. The van der Waals surface area contributed by atoms with E-state index in [1.165, 1.54) is 0 Å². The molecule has 0 saturated carbocycles. The molecule has 0 spiro atoms. The molecule has 1 unspecified atom stereocenters. The van der Waals surface area contributed by atoms with E-state index in [1.54, 1.807) is 0 Å². The average Bonchev–Trinajstić information content (AvgIpc) is 2.14. The summed E-state index contributed by atoms with van der Waals surface area (Å²) in [6.45, 7) is 5.55. The minimum Gasteiger partial charge on any atom is -0.372 e. The summed E-state index contributed by atoms with van der Waals surface area (Å²) < 4.78 is 4.96. The fraction of sp³-hybridized carbons (Fsp3) is 0.889. The Hall–Kier alpha value is -0.220. The maximum atomic E-state index is 11.0. The normalized spacial score (nSPS) is 12.5. The van der Waals surface area contributed by atoms with E-state index in [0.29, 0.717) is 11.9 Å². The number of nitrogens with one attached hydrogen (secondary N) is 1. The van der Waals surface area contributed by atoms with E-state index < -0.39 is 0 Å². The third-order valence-electron chi connectivity index (χ3n) is 1.71. The van der Waals surface area contributed by atoms with Crippen LogP contribution in [0.5, 0.6) is 0 Å². The Balaban J connectivity index is 3.26. The van der Waals surface area contributed by atoms with Crippen LogP contribution >= 0.6 is 11.8 Å². The van der Waals surface area contributed by atoms with Crippen molar-refractivity contribution in [3.05, 3.63) is 0 Å². The predicted molar refractivity (Wildman–Crippen MR) is 57.1 cm³/mol. The fourth-order valence-corrected chi connectivity index (χ4v) is 1.13. The van der Waals surface area contributed by atoms with Gasteiger partial charge in [0, 0.05) is 18.4 Å². The van der Waals surface area contributed by atoms with Crippen molar-refractivity contribution in [2.24, 2.45) is 0 Å². The number of hydrogen-bond acceptors (Lipinski definition) is 3. The maximum absolute atomic E-state index is 11.0. The molecular formula is C9H19NO2S. The van der Waals surface area contributed by atoms with E-state index in [9.17, 15) is 4.79 Å². The molecule has 0 rings (SSSR count). The summed E-state index contributed by atoms with van der Waals surface area (Å²) in [5.41, 5.74) is 0. The van der Waals surface area contributed by atoms with Crippen LogP contribution in [-0.4, -0.2) is 37.2 Å². The zero-order valence-corrected chi connectivity index (χ0v) is 9.45. The lowest BCUT2D eigenvalue weighted by atomic mass is 10.3. The van der Waals surface area contributed by atoms with Gasteiger partial charge in [-0.25, -0.2) is 0 Å². The molecule has 1 N–H and O–H groups in total. The van der Waals surface area contributed by atoms with Crippen LogP contribution in [0.3, 0.4) is 0 Å². The van der Waals surface area contributed by atoms with Gasteiger partial charge in [0.1, 0.15) is 6.61 Å². The van der Waals surface area contributed by atoms with Crippen LogP contribution in [0.4, 0.5) is 0 Å². The van der Waals surface area contributed by atoms with E-state index in [4.69, 9.17) is 4.74 Å². The molecule has 3 nitrogen and oxygen atoms in total. The molecule has 0 aromatic heterocycles. The molecule has 1 atom stereocenters. The van der Waals surface area contributed by atoms with Crippen molar-refractivity contribution < 1.29 is 9.53 Å². The molecule has 0 bridgehead atoms. The minimum atomic E-state index is -0.0184. The first-order chi connectivity index (χ1) is 6.20. The van der Waals surface area contributed by atoms with E-state index in [2.05, 4.69) is 18.5 Å². The first-order valence-electron chi connectivity index (χ1n) is 4.58. The minimum absolute atomic E-state index is 0.0184. The third-order valence-corrected chi connectivity index (χ3v) is 2.75. The number of hydrogen-bond donors (Lipinski definition) is 1. The summed E-state index contributed by atoms with van der Waals surface area (Å²) in [7, 11) is 0. The van der Waals surface area contributed by atoms with Crippen molar-refractivity contribution in [1.82, 2.24) is 5.32 Å². The summed E-state index contributed by atoms with van der Waals surface area (Å²) in [5, 5.41) is 3.41. The molecule has 13 heavy (non-hydrogen) atoms. The summed E-state index contributed by atoms with van der Waals surface area (Å²) in [6.07, 6.45) is 3.09. The topological polar surface area (TPSA) is 38.3 Å². The monoisotopic (exact) mass is 205 g/mol. The number of rotatable bonds is 7. The summed E-state index contributed by atoms with van der Waals surface area (Å²) in [6, 6.07) is 0. The number of amides is 1. The molecular weight excluding hydrogens is 186 g/mol. The third kappa shape index (κ3) is 8.12. The van der Waals surface area contributed by atoms with Gasteiger partial charge < -0.3 is 10.1 Å². The van der Waals surface area contributed by atoms with Crippen LogP contribution in [0.25, 0.3) is 0 Å². The second-order valence-electron chi connectivity index (χ2n) is 2.82. The number of thioether (sulfide) groups is 1. The number of carbonyl (C=O) groups excluding carboxylic acids is 1. The summed E-state index contributed by atoms with van der Waals surface area (Å²) in [5.74, 6) is -0.0184. The zero-order valence-electron chi connectivity index (χ0n) is 8.63. The highest BCUT2D eigenvalue weighted by Gasteiger charge is 2.02. The van der Waals surface area contributed by atoms with Crippen molar-refractivity contribution in [2.45, 2.75) is 25.5 Å². The molecule has 0 aromatic rings. The molecule has 0 aliphatic carbocycles. The molecule has 0 saturated heterocycles. The highest BCUT2D eigenvalue weighted by Crippen LogP contribution is 2.07. The summed E-state index contributed by atoms with van der Waals surface area (Å²) >= 11 is 1.81. The average molecular weight is 205 g/mol. The SMILES string of the molecule is CCOCC(=O)NCCC(C)SC. The molecule has 0 aliphatic heterocycles. The summed E-state index contributed by atoms with van der Waals surface area (Å²) in [4.78, 5) is 11.0. The Morgan fingerprint density at radius 2 is 2.31 bits per heavy atom. The first kappa shape index (κ1) is 12.8. The van der Waals surface area contributed by atoms with E-state index in [-0.39, 0.29) is 12.5 Å². The lowest BCUT2D eigenvalue weighted by molar-refractivity contribution is -0.125. The maximum Gasteiger partial charge on any atom is 0.245 e. The van der Waals surface area contributed by atoms with Gasteiger partial charge in [0.05, 0.1) is 0 Å². The van der Waals surface area contributed by atoms with Gasteiger partial charge in [0.25, 0.3) is 0 Å². The van der Waals surface area contributed by atoms with Crippen molar-refractivity contribution >= 4 is 17.7 Å². The standard InChI is InChI=1S/C9H19NO2S/c1-4-12-7-9(11)10-6-5-8(2)13-3/h8H,4-7H2,1-3H3,(H,10,11). The van der Waals surface area contributed by atoms with Gasteiger partial charge in [0.2, 0.25) is 5.91 Å². The van der Waals surface area contributed by atoms with Gasteiger partial charge in [-0.3, -0.25) is 4.79 Å². The second-order valence-corrected chi connectivity index (χ2v) is 4.10. The lowest BCUT2D eigenvalue weighted by Gasteiger charge is -2.08. The Morgan fingerprint density at radius 1 is 1.62 bits per heavy atom. The van der Waals surface area contributed by atoms with Gasteiger partial charge in [0.15, 0.2) is 0 Å². The van der Waals surface area contributed by atoms with Gasteiger partial charge in [-0.15, -0.1) is 0 Å². The Bertz CT molecular complexity index is 142. The Morgan fingerprint density at radius 3 is 2.85 bits per heavy atom. The molecule has 0 aromatic carbocycles. The van der Waals surface area contributed by atoms with E-state index in [1.807, 2.05) is 18.7 Å². The molecule has 0 aliphatic rings. The lowest BCUT2D eigenvalue weighted by Crippen LogP contribution is -2.29. The molecule has 4 heteroatoms. The number of ether oxygens (including phenoxy) is 1. The smallest absolute Gasteiger partial charge is 0.245 e. The quantitative estimate of drug-likeness (QED) is 0.680. The van der Waals surface area contributed by atoms with Gasteiger partial charge in [-0.1, -0.05) is 6.92 Å². The van der Waals surface area contributed by atoms with Crippen LogP contribution in [0.15, 0.2) is 0 Å². The van der Waals surface area contributed by atoms with Crippen molar-refractivity contribution in [3.63, 3.8) is 0 Å².